The Morgan fingerprint density at radius 2 is 2.24 bits per heavy atom. The monoisotopic (exact) mass is 294 g/mol. The second-order valence-corrected chi connectivity index (χ2v) is 5.05. The number of nitrogens with two attached hydrogens (primary N) is 1. The maximum Gasteiger partial charge on any atom is 0.125 e. The van der Waals surface area contributed by atoms with Gasteiger partial charge in [0.25, 0.3) is 0 Å². The van der Waals surface area contributed by atoms with Crippen LogP contribution in [0.1, 0.15) is 19.2 Å². The van der Waals surface area contributed by atoms with Crippen LogP contribution in [-0.2, 0) is 13.1 Å². The Morgan fingerprint density at radius 1 is 1.43 bits per heavy atom. The molecule has 0 bridgehead atoms. The largest absolute Gasteiger partial charge is 0.395 e. The molecule has 0 spiro atoms. The Labute approximate surface area is 124 Å². The molecule has 6 heteroatoms. The van der Waals surface area contributed by atoms with E-state index in [1.807, 2.05) is 6.92 Å². The van der Waals surface area contributed by atoms with Crippen LogP contribution in [0.3, 0.4) is 0 Å². The van der Waals surface area contributed by atoms with Gasteiger partial charge >= 0.3 is 0 Å². The third-order valence-electron chi connectivity index (χ3n) is 3.60. The van der Waals surface area contributed by atoms with Crippen molar-refractivity contribution in [2.24, 2.45) is 5.73 Å². The number of hydrogen-bond donors (Lipinski definition) is 2. The summed E-state index contributed by atoms with van der Waals surface area (Å²) < 4.78 is 15.5. The predicted molar refractivity (Wildman–Crippen MR) is 81.4 cm³/mol. The van der Waals surface area contributed by atoms with Crippen LogP contribution in [0.25, 0.3) is 11.0 Å². The molecule has 2 aromatic rings. The molecular weight excluding hydrogens is 271 g/mol. The molecule has 1 heterocycles. The third kappa shape index (κ3) is 3.78. The van der Waals surface area contributed by atoms with Crippen molar-refractivity contribution >= 4 is 11.0 Å². The van der Waals surface area contributed by atoms with E-state index in [0.717, 1.165) is 30.9 Å². The number of hydrogen-bond acceptors (Lipinski definition) is 4. The Morgan fingerprint density at radius 3 is 2.90 bits per heavy atom. The lowest BCUT2D eigenvalue weighted by Gasteiger charge is -2.19. The van der Waals surface area contributed by atoms with E-state index in [9.17, 15) is 4.39 Å². The highest BCUT2D eigenvalue weighted by Crippen LogP contribution is 2.19. The highest BCUT2D eigenvalue weighted by Gasteiger charge is 2.13. The molecule has 5 nitrogen and oxygen atoms in total. The number of likely N-dealkylation sites (N-methyl/N-ethyl adjacent to an activating group) is 1. The van der Waals surface area contributed by atoms with Gasteiger partial charge in [-0.3, -0.25) is 4.90 Å². The van der Waals surface area contributed by atoms with Crippen LogP contribution in [0.2, 0.25) is 0 Å². The first-order chi connectivity index (χ1) is 10.2. The second-order valence-electron chi connectivity index (χ2n) is 5.05. The fraction of sp³-hybridized carbons (Fsp3) is 0.533. The number of aliphatic hydroxyl groups excluding tert-OH is 1. The van der Waals surface area contributed by atoms with Crippen LogP contribution in [0.5, 0.6) is 0 Å². The minimum atomic E-state index is -0.278. The van der Waals surface area contributed by atoms with Crippen molar-refractivity contribution in [2.45, 2.75) is 26.4 Å². The molecule has 1 aromatic heterocycles. The lowest BCUT2D eigenvalue weighted by atomic mass is 10.3. The van der Waals surface area contributed by atoms with Crippen molar-refractivity contribution < 1.29 is 9.50 Å². The van der Waals surface area contributed by atoms with Crippen molar-refractivity contribution in [1.29, 1.82) is 0 Å². The Hall–Kier alpha value is -1.50. The summed E-state index contributed by atoms with van der Waals surface area (Å²) in [5.74, 6) is 0.611. The van der Waals surface area contributed by atoms with Crippen molar-refractivity contribution in [3.63, 3.8) is 0 Å². The Balaban J connectivity index is 2.35. The molecule has 21 heavy (non-hydrogen) atoms. The zero-order chi connectivity index (χ0) is 15.2. The van der Waals surface area contributed by atoms with Gasteiger partial charge in [-0.1, -0.05) is 6.92 Å². The van der Waals surface area contributed by atoms with E-state index in [0.29, 0.717) is 25.2 Å². The summed E-state index contributed by atoms with van der Waals surface area (Å²) in [6.45, 7) is 5.60. The molecule has 0 atom stereocenters. The summed E-state index contributed by atoms with van der Waals surface area (Å²) in [6, 6.07) is 4.68. The number of rotatable bonds is 8. The lowest BCUT2D eigenvalue weighted by Crippen LogP contribution is -2.27. The fourth-order valence-electron chi connectivity index (χ4n) is 2.46. The van der Waals surface area contributed by atoms with Gasteiger partial charge in [0, 0.05) is 19.2 Å². The average Bonchev–Trinajstić information content (AvgIpc) is 2.80. The number of nitrogens with zero attached hydrogens (tertiary/aromatic N) is 3. The smallest absolute Gasteiger partial charge is 0.125 e. The number of benzene rings is 1. The number of fused-ring (bicyclic) bond motifs is 1. The topological polar surface area (TPSA) is 67.3 Å². The molecule has 0 saturated carbocycles. The summed E-state index contributed by atoms with van der Waals surface area (Å²) >= 11 is 0. The van der Waals surface area contributed by atoms with Crippen LogP contribution in [-0.4, -0.2) is 45.8 Å². The summed E-state index contributed by atoms with van der Waals surface area (Å²) in [5.41, 5.74) is 7.20. The van der Waals surface area contributed by atoms with Gasteiger partial charge in [-0.2, -0.15) is 0 Å². The molecular formula is C15H23FN4O. The summed E-state index contributed by atoms with van der Waals surface area (Å²) in [7, 11) is 0. The number of imidazole rings is 1. The maximum absolute atomic E-state index is 13.4. The molecule has 116 valence electrons. The standard InChI is InChI=1S/C15H23FN4O/c1-2-19(8-9-21)11-15-18-13-10-12(16)4-5-14(13)20(15)7-3-6-17/h4-5,10,21H,2-3,6-9,11,17H2,1H3. The van der Waals surface area contributed by atoms with Crippen LogP contribution in [0, 0.1) is 5.82 Å². The Kier molecular flexibility index (Phi) is 5.67. The molecule has 0 fully saturated rings. The summed E-state index contributed by atoms with van der Waals surface area (Å²) in [6.07, 6.45) is 0.849. The molecule has 2 rings (SSSR count). The average molecular weight is 294 g/mol. The van der Waals surface area contributed by atoms with E-state index in [1.165, 1.54) is 12.1 Å². The van der Waals surface area contributed by atoms with Crippen LogP contribution >= 0.6 is 0 Å². The highest BCUT2D eigenvalue weighted by molar-refractivity contribution is 5.76. The van der Waals surface area contributed by atoms with Crippen molar-refractivity contribution in [3.05, 3.63) is 29.8 Å². The zero-order valence-corrected chi connectivity index (χ0v) is 12.4. The van der Waals surface area contributed by atoms with Crippen LogP contribution < -0.4 is 5.73 Å². The fourth-order valence-corrected chi connectivity index (χ4v) is 2.46. The zero-order valence-electron chi connectivity index (χ0n) is 12.4. The third-order valence-corrected chi connectivity index (χ3v) is 3.60. The molecule has 1 aromatic carbocycles. The quantitative estimate of drug-likeness (QED) is 0.771. The minimum Gasteiger partial charge on any atom is -0.395 e. The van der Waals surface area contributed by atoms with Gasteiger partial charge in [-0.05, 0) is 31.6 Å². The molecule has 3 N–H and O–H groups in total. The van der Waals surface area contributed by atoms with Gasteiger partial charge in [0.2, 0.25) is 0 Å². The summed E-state index contributed by atoms with van der Waals surface area (Å²) in [4.78, 5) is 6.66. The van der Waals surface area contributed by atoms with Gasteiger partial charge in [0.15, 0.2) is 0 Å². The van der Waals surface area contributed by atoms with E-state index in [1.54, 1.807) is 6.07 Å². The van der Waals surface area contributed by atoms with Gasteiger partial charge in [-0.25, -0.2) is 9.37 Å². The molecule has 0 aliphatic rings. The molecule has 0 saturated heterocycles. The van der Waals surface area contributed by atoms with Crippen molar-refractivity contribution in [3.8, 4) is 0 Å². The van der Waals surface area contributed by atoms with Crippen LogP contribution in [0.4, 0.5) is 4.39 Å². The number of aromatic nitrogens is 2. The summed E-state index contributed by atoms with van der Waals surface area (Å²) in [5, 5.41) is 9.10. The SMILES string of the molecule is CCN(CCO)Cc1nc2cc(F)ccc2n1CCCN. The first-order valence-electron chi connectivity index (χ1n) is 7.37. The van der Waals surface area contributed by atoms with Gasteiger partial charge in [-0.15, -0.1) is 0 Å². The Bertz CT molecular complexity index is 584. The normalized spacial score (nSPS) is 11.7. The highest BCUT2D eigenvalue weighted by atomic mass is 19.1. The van der Waals surface area contributed by atoms with Crippen molar-refractivity contribution in [2.75, 3.05) is 26.2 Å². The van der Waals surface area contributed by atoms with E-state index in [4.69, 9.17) is 10.8 Å². The maximum atomic E-state index is 13.4. The van der Waals surface area contributed by atoms with E-state index in [2.05, 4.69) is 14.5 Å². The van der Waals surface area contributed by atoms with Gasteiger partial charge in [0.05, 0.1) is 24.2 Å². The lowest BCUT2D eigenvalue weighted by molar-refractivity contribution is 0.192. The minimum absolute atomic E-state index is 0.117. The van der Waals surface area contributed by atoms with Gasteiger partial charge in [0.1, 0.15) is 11.6 Å². The number of aliphatic hydroxyl groups is 1. The van der Waals surface area contributed by atoms with Gasteiger partial charge < -0.3 is 15.4 Å². The molecule has 0 aliphatic heterocycles. The van der Waals surface area contributed by atoms with Crippen LogP contribution in [0.15, 0.2) is 18.2 Å². The van der Waals surface area contributed by atoms with Crippen molar-refractivity contribution in [1.82, 2.24) is 14.5 Å². The van der Waals surface area contributed by atoms with E-state index < -0.39 is 0 Å². The molecule has 0 aliphatic carbocycles. The molecule has 0 amide bonds. The first kappa shape index (κ1) is 15.9. The molecule has 0 unspecified atom stereocenters. The molecule has 0 radical (unpaired) electrons. The second kappa shape index (κ2) is 7.49. The van der Waals surface area contributed by atoms with E-state index in [-0.39, 0.29) is 12.4 Å². The number of halogens is 1. The number of aryl methyl sites for hydroxylation is 1. The van der Waals surface area contributed by atoms with E-state index >= 15 is 0 Å². The first-order valence-corrected chi connectivity index (χ1v) is 7.37. The predicted octanol–water partition coefficient (Wildman–Crippen LogP) is 1.34.